The fourth-order valence-electron chi connectivity index (χ4n) is 4.43. The number of carbonyl (C=O) groups excluding carboxylic acids is 1. The van der Waals surface area contributed by atoms with Crippen LogP contribution in [0.1, 0.15) is 33.5 Å². The fraction of sp³-hybridized carbons (Fsp3) is 0.0909. The Balaban J connectivity index is 1.95. The molecule has 1 heterocycles. The lowest BCUT2D eigenvalue weighted by atomic mass is 9.68. The van der Waals surface area contributed by atoms with Crippen molar-refractivity contribution in [1.29, 1.82) is 0 Å². The van der Waals surface area contributed by atoms with Crippen LogP contribution in [0, 0.1) is 14.3 Å². The molecule has 0 fully saturated rings. The van der Waals surface area contributed by atoms with Gasteiger partial charge in [0.05, 0.1) is 30.5 Å². The number of nitrogens with zero attached hydrogens (tertiary/aromatic N) is 1. The highest BCUT2D eigenvalue weighted by Crippen LogP contribution is 2.61. The predicted octanol–water partition coefficient (Wildman–Crippen LogP) is 7.28. The molecular formula is C22H9I4NO4S. The first-order valence-corrected chi connectivity index (χ1v) is 13.8. The number of phenols is 2. The number of ketones is 1. The second kappa shape index (κ2) is 8.29. The summed E-state index contributed by atoms with van der Waals surface area (Å²) < 4.78 is 8.78. The van der Waals surface area contributed by atoms with E-state index in [4.69, 9.17) is 17.0 Å². The summed E-state index contributed by atoms with van der Waals surface area (Å²) in [5.41, 5.74) is 2.79. The van der Waals surface area contributed by atoms with Gasteiger partial charge in [0, 0.05) is 23.1 Å². The SMILES string of the molecule is O=C1CC2(c3ccc(N=C=S)cc31)c1cc(I)c(O)c(I)c1Oc1c2cc(I)c(O)c1I. The van der Waals surface area contributed by atoms with Crippen molar-refractivity contribution in [3.8, 4) is 23.0 Å². The Hall–Kier alpha value is -0.550. The fourth-order valence-corrected chi connectivity index (χ4v) is 8.11. The van der Waals surface area contributed by atoms with Gasteiger partial charge in [0.25, 0.3) is 0 Å². The van der Waals surface area contributed by atoms with Crippen LogP contribution >= 0.6 is 103 Å². The lowest BCUT2D eigenvalue weighted by Gasteiger charge is -2.39. The number of Topliss-reactive ketones (excluding diaryl/α,β-unsaturated/α-hetero) is 1. The van der Waals surface area contributed by atoms with Crippen LogP contribution in [0.15, 0.2) is 35.3 Å². The Kier molecular flexibility index (Phi) is 6.01. The van der Waals surface area contributed by atoms with E-state index in [1.54, 1.807) is 6.07 Å². The molecule has 10 heteroatoms. The number of hydrogen-bond acceptors (Lipinski definition) is 6. The topological polar surface area (TPSA) is 79.1 Å². The molecule has 2 aliphatic rings. The lowest BCUT2D eigenvalue weighted by molar-refractivity contribution is 0.0983. The molecule has 5 nitrogen and oxygen atoms in total. The van der Waals surface area contributed by atoms with Gasteiger partial charge in [-0.05, 0) is 132 Å². The summed E-state index contributed by atoms with van der Waals surface area (Å²) >= 11 is 13.0. The van der Waals surface area contributed by atoms with Gasteiger partial charge in [-0.3, -0.25) is 4.79 Å². The Labute approximate surface area is 242 Å². The first kappa shape index (κ1) is 23.2. The van der Waals surface area contributed by atoms with Crippen LogP contribution in [0.4, 0.5) is 5.69 Å². The van der Waals surface area contributed by atoms with Crippen LogP contribution in [0.2, 0.25) is 0 Å². The van der Waals surface area contributed by atoms with Crippen molar-refractivity contribution in [3.63, 3.8) is 0 Å². The quantitative estimate of drug-likeness (QED) is 0.153. The zero-order valence-corrected chi connectivity index (χ0v) is 25.1. The summed E-state index contributed by atoms with van der Waals surface area (Å²) in [6.07, 6.45) is 0.199. The number of aromatic hydroxyl groups is 2. The number of fused-ring (bicyclic) bond motifs is 6. The lowest BCUT2D eigenvalue weighted by Crippen LogP contribution is -2.32. The van der Waals surface area contributed by atoms with Gasteiger partial charge in [0.15, 0.2) is 5.78 Å². The van der Waals surface area contributed by atoms with Crippen LogP contribution in [0.25, 0.3) is 0 Å². The third-order valence-corrected chi connectivity index (χ3v) is 9.52. The molecule has 3 aromatic carbocycles. The van der Waals surface area contributed by atoms with Crippen LogP contribution in [0.3, 0.4) is 0 Å². The normalized spacial score (nSPS) is 14.9. The summed E-state index contributed by atoms with van der Waals surface area (Å²) in [5.74, 6) is 1.23. The Morgan fingerprint density at radius 2 is 1.50 bits per heavy atom. The summed E-state index contributed by atoms with van der Waals surface area (Å²) in [4.78, 5) is 17.4. The van der Waals surface area contributed by atoms with Crippen LogP contribution in [-0.4, -0.2) is 21.2 Å². The minimum atomic E-state index is -0.823. The molecule has 3 aromatic rings. The second-order valence-corrected chi connectivity index (χ2v) is 12.0. The molecule has 1 aliphatic heterocycles. The van der Waals surface area contributed by atoms with Crippen molar-refractivity contribution in [2.24, 2.45) is 4.99 Å². The largest absolute Gasteiger partial charge is 0.506 e. The summed E-state index contributed by atoms with van der Waals surface area (Å²) in [6, 6.07) is 9.24. The number of phenolic OH excluding ortho intramolecular Hbond substituents is 2. The molecule has 1 spiro atoms. The molecule has 0 unspecified atom stereocenters. The smallest absolute Gasteiger partial charge is 0.164 e. The zero-order chi connectivity index (χ0) is 22.9. The average molecular weight is 891 g/mol. The van der Waals surface area contributed by atoms with Crippen LogP contribution in [-0.2, 0) is 5.41 Å². The maximum absolute atomic E-state index is 13.4. The summed E-state index contributed by atoms with van der Waals surface area (Å²) in [5, 5.41) is 23.6. The highest BCUT2D eigenvalue weighted by Gasteiger charge is 2.53. The number of isothiocyanates is 1. The second-order valence-electron chi connectivity index (χ2n) is 7.34. The molecular weight excluding hydrogens is 882 g/mol. The number of hydrogen-bond donors (Lipinski definition) is 2. The highest BCUT2D eigenvalue weighted by molar-refractivity contribution is 14.1. The number of benzene rings is 3. The van der Waals surface area contributed by atoms with Gasteiger partial charge in [0.1, 0.15) is 23.0 Å². The van der Waals surface area contributed by atoms with Gasteiger partial charge < -0.3 is 14.9 Å². The molecule has 0 amide bonds. The molecule has 0 atom stereocenters. The molecule has 0 bridgehead atoms. The van der Waals surface area contributed by atoms with E-state index in [2.05, 4.69) is 101 Å². The molecule has 2 N–H and O–H groups in total. The number of thiocarbonyl (C=S) groups is 1. The van der Waals surface area contributed by atoms with Gasteiger partial charge in [-0.25, -0.2) is 0 Å². The van der Waals surface area contributed by atoms with Crippen molar-refractivity contribution >= 4 is 119 Å². The van der Waals surface area contributed by atoms with E-state index in [0.717, 1.165) is 16.7 Å². The molecule has 0 radical (unpaired) electrons. The van der Waals surface area contributed by atoms with E-state index < -0.39 is 5.41 Å². The van der Waals surface area contributed by atoms with Gasteiger partial charge >= 0.3 is 0 Å². The van der Waals surface area contributed by atoms with Gasteiger partial charge in [-0.15, -0.1) is 0 Å². The Morgan fingerprint density at radius 1 is 0.938 bits per heavy atom. The molecule has 0 saturated heterocycles. The van der Waals surface area contributed by atoms with Gasteiger partial charge in [-0.2, -0.15) is 4.99 Å². The molecule has 1 aliphatic carbocycles. The van der Waals surface area contributed by atoms with Crippen molar-refractivity contribution in [3.05, 3.63) is 66.9 Å². The molecule has 32 heavy (non-hydrogen) atoms. The Bertz CT molecular complexity index is 1370. The third kappa shape index (κ3) is 3.19. The molecule has 160 valence electrons. The minimum Gasteiger partial charge on any atom is -0.506 e. The Morgan fingerprint density at radius 3 is 2.03 bits per heavy atom. The summed E-state index contributed by atoms with van der Waals surface area (Å²) in [7, 11) is 0. The van der Waals surface area contributed by atoms with E-state index in [0.29, 0.717) is 37.0 Å². The van der Waals surface area contributed by atoms with Crippen molar-refractivity contribution < 1.29 is 19.7 Å². The third-order valence-electron chi connectivity index (χ3n) is 5.79. The molecule has 0 saturated carbocycles. The monoisotopic (exact) mass is 891 g/mol. The van der Waals surface area contributed by atoms with Crippen LogP contribution < -0.4 is 4.74 Å². The minimum absolute atomic E-state index is 0.0172. The number of rotatable bonds is 1. The predicted molar refractivity (Wildman–Crippen MR) is 157 cm³/mol. The number of aliphatic imine (C=N–C) groups is 1. The standard InChI is InChI=1S/C22H9I4NO4S/c23-13-4-11-20(16(25)18(13)29)31-21-12(5-14(24)19(30)17(21)26)22(11)6-15(28)9-3-8(27-7-32)1-2-10(9)22/h1-5,29-30H,6H2. The van der Waals surface area contributed by atoms with Gasteiger partial charge in [0.2, 0.25) is 0 Å². The first-order chi connectivity index (χ1) is 15.2. The maximum atomic E-state index is 13.4. The van der Waals surface area contributed by atoms with Crippen LogP contribution in [0.5, 0.6) is 23.0 Å². The van der Waals surface area contributed by atoms with Crippen molar-refractivity contribution in [1.82, 2.24) is 0 Å². The number of carbonyl (C=O) groups is 1. The van der Waals surface area contributed by atoms with Crippen molar-refractivity contribution in [2.75, 3.05) is 0 Å². The van der Waals surface area contributed by atoms with Crippen molar-refractivity contribution in [2.45, 2.75) is 11.8 Å². The average Bonchev–Trinajstić information content (AvgIpc) is 3.05. The highest BCUT2D eigenvalue weighted by atomic mass is 127. The van der Waals surface area contributed by atoms with E-state index in [9.17, 15) is 15.0 Å². The number of ether oxygens (including phenoxy) is 1. The molecule has 0 aromatic heterocycles. The number of halogens is 4. The van der Waals surface area contributed by atoms with Gasteiger partial charge in [-0.1, -0.05) is 6.07 Å². The van der Waals surface area contributed by atoms with E-state index >= 15 is 0 Å². The zero-order valence-electron chi connectivity index (χ0n) is 15.7. The molecule has 5 rings (SSSR count). The summed E-state index contributed by atoms with van der Waals surface area (Å²) in [6.45, 7) is 0. The maximum Gasteiger partial charge on any atom is 0.164 e. The van der Waals surface area contributed by atoms with E-state index in [1.807, 2.05) is 24.3 Å². The van der Waals surface area contributed by atoms with E-state index in [-0.39, 0.29) is 23.7 Å². The van der Waals surface area contributed by atoms with E-state index in [1.165, 1.54) is 0 Å². The first-order valence-electron chi connectivity index (χ1n) is 9.07.